The normalized spacial score (nSPS) is 12.7. The first-order valence-corrected chi connectivity index (χ1v) is 7.48. The van der Waals surface area contributed by atoms with Crippen LogP contribution in [-0.4, -0.2) is 23.9 Å². The topological polar surface area (TPSA) is 46.3 Å². The van der Waals surface area contributed by atoms with E-state index in [-0.39, 0.29) is 12.5 Å². The molecule has 0 aliphatic carbocycles. The summed E-state index contributed by atoms with van der Waals surface area (Å²) in [6.45, 7) is 0.0746. The third-order valence-corrected chi connectivity index (χ3v) is 3.67. The lowest BCUT2D eigenvalue weighted by molar-refractivity contribution is -0.137. The Morgan fingerprint density at radius 1 is 1.08 bits per heavy atom. The number of likely N-dealkylation sites (N-methyl/N-ethyl adjacent to an activating group) is 1. The molecule has 2 N–H and O–H groups in total. The molecule has 0 fully saturated rings. The second-order valence-electron chi connectivity index (χ2n) is 5.69. The van der Waals surface area contributed by atoms with Gasteiger partial charge in [-0.1, -0.05) is 42.5 Å². The minimum absolute atomic E-state index is 0.0746. The van der Waals surface area contributed by atoms with Crippen LogP contribution in [0.3, 0.4) is 0 Å². The van der Waals surface area contributed by atoms with Gasteiger partial charge in [-0.25, -0.2) is 0 Å². The van der Waals surface area contributed by atoms with E-state index < -0.39 is 17.8 Å². The number of carbonyl (C=O) groups is 1. The maximum Gasteiger partial charge on any atom is 0.416 e. The van der Waals surface area contributed by atoms with Crippen LogP contribution in [0.15, 0.2) is 54.6 Å². The number of hydrogen-bond acceptors (Lipinski definition) is 2. The van der Waals surface area contributed by atoms with Crippen LogP contribution in [0.25, 0.3) is 0 Å². The van der Waals surface area contributed by atoms with Crippen LogP contribution in [0.1, 0.15) is 16.7 Å². The summed E-state index contributed by atoms with van der Waals surface area (Å²) in [4.78, 5) is 13.7. The largest absolute Gasteiger partial charge is 0.416 e. The molecule has 128 valence electrons. The van der Waals surface area contributed by atoms with Gasteiger partial charge in [-0.2, -0.15) is 13.2 Å². The Kier molecular flexibility index (Phi) is 5.62. The fourth-order valence-electron chi connectivity index (χ4n) is 2.44. The maximum atomic E-state index is 12.7. The quantitative estimate of drug-likeness (QED) is 0.911. The molecule has 3 nitrogen and oxygen atoms in total. The molecule has 0 aromatic heterocycles. The third-order valence-electron chi connectivity index (χ3n) is 3.67. The smallest absolute Gasteiger partial charge is 0.340 e. The number of amides is 1. The van der Waals surface area contributed by atoms with E-state index in [1.807, 2.05) is 30.3 Å². The van der Waals surface area contributed by atoms with E-state index in [4.69, 9.17) is 5.73 Å². The van der Waals surface area contributed by atoms with E-state index in [0.29, 0.717) is 12.0 Å². The molecule has 2 aromatic rings. The van der Waals surface area contributed by atoms with E-state index >= 15 is 0 Å². The Bertz CT molecular complexity index is 686. The average Bonchev–Trinajstić information content (AvgIpc) is 2.54. The lowest BCUT2D eigenvalue weighted by atomic mass is 10.1. The first kappa shape index (κ1) is 18.0. The number of benzene rings is 2. The molecule has 6 heteroatoms. The van der Waals surface area contributed by atoms with Gasteiger partial charge in [0.2, 0.25) is 5.91 Å². The first-order chi connectivity index (χ1) is 11.3. The zero-order chi connectivity index (χ0) is 17.7. The summed E-state index contributed by atoms with van der Waals surface area (Å²) in [5, 5.41) is 0. The van der Waals surface area contributed by atoms with Gasteiger partial charge in [0.05, 0.1) is 11.6 Å². The molecule has 2 rings (SSSR count). The SMILES string of the molecule is CN(Cc1cccc(C(F)(F)F)c1)C(=O)[C@@H](N)Cc1ccccc1. The monoisotopic (exact) mass is 336 g/mol. The van der Waals surface area contributed by atoms with Gasteiger partial charge in [0.15, 0.2) is 0 Å². The average molecular weight is 336 g/mol. The predicted octanol–water partition coefficient (Wildman–Crippen LogP) is 3.23. The van der Waals surface area contributed by atoms with Crippen LogP contribution in [0, 0.1) is 0 Å². The van der Waals surface area contributed by atoms with E-state index in [1.165, 1.54) is 18.0 Å². The van der Waals surface area contributed by atoms with Crippen LogP contribution in [0.2, 0.25) is 0 Å². The second kappa shape index (κ2) is 7.49. The number of nitrogens with two attached hydrogens (primary N) is 1. The fourth-order valence-corrected chi connectivity index (χ4v) is 2.44. The van der Waals surface area contributed by atoms with Crippen LogP contribution >= 0.6 is 0 Å². The van der Waals surface area contributed by atoms with Crippen molar-refractivity contribution in [2.24, 2.45) is 5.73 Å². The molecular formula is C18H19F3N2O. The minimum atomic E-state index is -4.40. The summed E-state index contributed by atoms with van der Waals surface area (Å²) in [6, 6.07) is 13.6. The predicted molar refractivity (Wildman–Crippen MR) is 86.0 cm³/mol. The van der Waals surface area contributed by atoms with Crippen molar-refractivity contribution in [3.05, 3.63) is 71.3 Å². The van der Waals surface area contributed by atoms with E-state index in [9.17, 15) is 18.0 Å². The summed E-state index contributed by atoms with van der Waals surface area (Å²) in [5.41, 5.74) is 6.55. The zero-order valence-electron chi connectivity index (χ0n) is 13.3. The fraction of sp³-hybridized carbons (Fsp3) is 0.278. The van der Waals surface area contributed by atoms with Crippen molar-refractivity contribution in [1.29, 1.82) is 0 Å². The summed E-state index contributed by atoms with van der Waals surface area (Å²) in [6.07, 6.45) is -4.02. The van der Waals surface area contributed by atoms with Crippen molar-refractivity contribution in [3.63, 3.8) is 0 Å². The first-order valence-electron chi connectivity index (χ1n) is 7.48. The summed E-state index contributed by atoms with van der Waals surface area (Å²) >= 11 is 0. The Balaban J connectivity index is 2.01. The molecule has 0 unspecified atom stereocenters. The highest BCUT2D eigenvalue weighted by atomic mass is 19.4. The van der Waals surface area contributed by atoms with Gasteiger partial charge in [-0.3, -0.25) is 4.79 Å². The summed E-state index contributed by atoms with van der Waals surface area (Å²) < 4.78 is 38.2. The second-order valence-corrected chi connectivity index (χ2v) is 5.69. The lowest BCUT2D eigenvalue weighted by Gasteiger charge is -2.22. The third kappa shape index (κ3) is 4.83. The van der Waals surface area contributed by atoms with E-state index in [0.717, 1.165) is 17.7 Å². The van der Waals surface area contributed by atoms with Crippen molar-refractivity contribution in [1.82, 2.24) is 4.90 Å². The Labute approximate surface area is 138 Å². The molecule has 0 aliphatic heterocycles. The Hall–Kier alpha value is -2.34. The highest BCUT2D eigenvalue weighted by Gasteiger charge is 2.30. The number of alkyl halides is 3. The van der Waals surface area contributed by atoms with Crippen molar-refractivity contribution < 1.29 is 18.0 Å². The van der Waals surface area contributed by atoms with E-state index in [1.54, 1.807) is 6.07 Å². The molecule has 0 saturated carbocycles. The highest BCUT2D eigenvalue weighted by molar-refractivity contribution is 5.81. The zero-order valence-corrected chi connectivity index (χ0v) is 13.3. The van der Waals surface area contributed by atoms with Gasteiger partial charge in [0.1, 0.15) is 0 Å². The molecule has 0 aliphatic rings. The van der Waals surface area contributed by atoms with Gasteiger partial charge >= 0.3 is 6.18 Å². The van der Waals surface area contributed by atoms with Crippen molar-refractivity contribution in [3.8, 4) is 0 Å². The summed E-state index contributed by atoms with van der Waals surface area (Å²) in [5.74, 6) is -0.309. The van der Waals surface area contributed by atoms with Gasteiger partial charge in [-0.15, -0.1) is 0 Å². The van der Waals surface area contributed by atoms with Gasteiger partial charge in [0, 0.05) is 13.6 Å². The molecule has 0 bridgehead atoms. The van der Waals surface area contributed by atoms with Crippen molar-refractivity contribution in [2.45, 2.75) is 25.2 Å². The molecule has 1 amide bonds. The Morgan fingerprint density at radius 2 is 1.71 bits per heavy atom. The molecule has 0 spiro atoms. The molecule has 24 heavy (non-hydrogen) atoms. The number of rotatable bonds is 5. The van der Waals surface area contributed by atoms with E-state index in [2.05, 4.69) is 0 Å². The number of nitrogens with zero attached hydrogens (tertiary/aromatic N) is 1. The standard InChI is InChI=1S/C18H19F3N2O/c1-23(12-14-8-5-9-15(10-14)18(19,20)21)17(24)16(22)11-13-6-3-2-4-7-13/h2-10,16H,11-12,22H2,1H3/t16-/m0/s1. The van der Waals surface area contributed by atoms with Crippen LogP contribution in [0.5, 0.6) is 0 Å². The van der Waals surface area contributed by atoms with Gasteiger partial charge in [0.25, 0.3) is 0 Å². The minimum Gasteiger partial charge on any atom is -0.340 e. The van der Waals surface area contributed by atoms with Crippen LogP contribution < -0.4 is 5.73 Å². The maximum absolute atomic E-state index is 12.7. The summed E-state index contributed by atoms with van der Waals surface area (Å²) in [7, 11) is 1.54. The number of hydrogen-bond donors (Lipinski definition) is 1. The molecular weight excluding hydrogens is 317 g/mol. The number of carbonyl (C=O) groups excluding carboxylic acids is 1. The lowest BCUT2D eigenvalue weighted by Crippen LogP contribution is -2.42. The molecule has 2 aromatic carbocycles. The molecule has 1 atom stereocenters. The molecule has 0 saturated heterocycles. The highest BCUT2D eigenvalue weighted by Crippen LogP contribution is 2.29. The Morgan fingerprint density at radius 3 is 2.33 bits per heavy atom. The molecule has 0 radical (unpaired) electrons. The van der Waals surface area contributed by atoms with Crippen LogP contribution in [0.4, 0.5) is 13.2 Å². The van der Waals surface area contributed by atoms with Crippen molar-refractivity contribution in [2.75, 3.05) is 7.05 Å². The van der Waals surface area contributed by atoms with Gasteiger partial charge in [-0.05, 0) is 29.7 Å². The molecule has 0 heterocycles. The van der Waals surface area contributed by atoms with Gasteiger partial charge < -0.3 is 10.6 Å². The van der Waals surface area contributed by atoms with Crippen LogP contribution in [-0.2, 0) is 23.9 Å². The van der Waals surface area contributed by atoms with Crippen molar-refractivity contribution >= 4 is 5.91 Å². The number of halogens is 3.